The molecule has 1 unspecified atom stereocenters. The predicted octanol–water partition coefficient (Wildman–Crippen LogP) is 2.04. The minimum atomic E-state index is -4.60. The molecular weight excluding hydrogens is 318 g/mol. The van der Waals surface area contributed by atoms with E-state index in [0.29, 0.717) is 5.69 Å². The molecule has 1 aromatic rings. The number of carbonyl (C=O) groups is 1. The average Bonchev–Trinajstić information content (AvgIpc) is 2.56. The number of amides is 1. The molecule has 0 saturated carbocycles. The first kappa shape index (κ1) is 14.5. The van der Waals surface area contributed by atoms with Crippen LogP contribution in [0.5, 0.6) is 0 Å². The number of carbonyl (C=O) groups excluding carboxylic acids is 1. The molecule has 1 aliphatic heterocycles. The lowest BCUT2D eigenvalue weighted by molar-refractivity contribution is -0.117. The summed E-state index contributed by atoms with van der Waals surface area (Å²) in [5, 5.41) is 0.230. The van der Waals surface area contributed by atoms with Gasteiger partial charge in [0.1, 0.15) is 5.15 Å². The third-order valence-corrected chi connectivity index (χ3v) is 4.08. The van der Waals surface area contributed by atoms with Gasteiger partial charge in [-0.05, 0) is 12.1 Å². The standard InChI is InChI=1S/C10H9Cl2FN2O3S/c11-8-2-1-7(10(12)14-8)15-4-6(3-9(15)16)5-19(13,17)18/h1-2,6H,3-5H2. The van der Waals surface area contributed by atoms with E-state index in [9.17, 15) is 17.1 Å². The number of anilines is 1. The summed E-state index contributed by atoms with van der Waals surface area (Å²) in [5.41, 5.74) is 0.342. The molecule has 104 valence electrons. The number of halogens is 3. The highest BCUT2D eigenvalue weighted by Crippen LogP contribution is 2.31. The van der Waals surface area contributed by atoms with Crippen LogP contribution in [-0.4, -0.2) is 31.6 Å². The van der Waals surface area contributed by atoms with Crippen LogP contribution in [0.15, 0.2) is 12.1 Å². The maximum atomic E-state index is 12.6. The second-order valence-electron chi connectivity index (χ2n) is 4.22. The van der Waals surface area contributed by atoms with Gasteiger partial charge in [-0.15, -0.1) is 3.89 Å². The van der Waals surface area contributed by atoms with Crippen LogP contribution in [0, 0.1) is 5.92 Å². The topological polar surface area (TPSA) is 67.3 Å². The normalized spacial score (nSPS) is 20.1. The van der Waals surface area contributed by atoms with Gasteiger partial charge in [-0.2, -0.15) is 8.42 Å². The molecule has 1 amide bonds. The van der Waals surface area contributed by atoms with E-state index in [0.717, 1.165) is 0 Å². The van der Waals surface area contributed by atoms with E-state index in [1.54, 1.807) is 0 Å². The van der Waals surface area contributed by atoms with Crippen molar-refractivity contribution in [2.45, 2.75) is 6.42 Å². The third-order valence-electron chi connectivity index (χ3n) is 2.73. The molecule has 2 rings (SSSR count). The fourth-order valence-corrected chi connectivity index (χ4v) is 3.25. The van der Waals surface area contributed by atoms with Crippen LogP contribution >= 0.6 is 23.2 Å². The molecule has 0 aromatic carbocycles. The fraction of sp³-hybridized carbons (Fsp3) is 0.400. The fourth-order valence-electron chi connectivity index (χ4n) is 2.01. The maximum absolute atomic E-state index is 12.6. The monoisotopic (exact) mass is 326 g/mol. The average molecular weight is 327 g/mol. The lowest BCUT2D eigenvalue weighted by Crippen LogP contribution is -2.25. The summed E-state index contributed by atoms with van der Waals surface area (Å²) >= 11 is 11.5. The zero-order valence-electron chi connectivity index (χ0n) is 9.51. The van der Waals surface area contributed by atoms with Gasteiger partial charge in [0.25, 0.3) is 0 Å². The first-order chi connectivity index (χ1) is 8.76. The van der Waals surface area contributed by atoms with E-state index in [1.807, 2.05) is 0 Å². The molecule has 1 aromatic heterocycles. The molecule has 1 aliphatic rings. The SMILES string of the molecule is O=C1CC(CS(=O)(=O)F)CN1c1ccc(Cl)nc1Cl. The molecule has 1 atom stereocenters. The van der Waals surface area contributed by atoms with Crippen LogP contribution in [0.3, 0.4) is 0 Å². The van der Waals surface area contributed by atoms with E-state index in [-0.39, 0.29) is 29.2 Å². The number of nitrogens with zero attached hydrogens (tertiary/aromatic N) is 2. The highest BCUT2D eigenvalue weighted by molar-refractivity contribution is 7.86. The Labute approximate surface area is 119 Å². The predicted molar refractivity (Wildman–Crippen MR) is 69.6 cm³/mol. The molecule has 0 bridgehead atoms. The number of aromatic nitrogens is 1. The zero-order chi connectivity index (χ0) is 14.2. The van der Waals surface area contributed by atoms with Crippen molar-refractivity contribution in [2.75, 3.05) is 17.2 Å². The van der Waals surface area contributed by atoms with Crippen LogP contribution in [0.2, 0.25) is 10.3 Å². The Hall–Kier alpha value is -0.920. The van der Waals surface area contributed by atoms with Gasteiger partial charge in [-0.1, -0.05) is 23.2 Å². The lowest BCUT2D eigenvalue weighted by atomic mass is 10.1. The van der Waals surface area contributed by atoms with Gasteiger partial charge in [-0.3, -0.25) is 4.79 Å². The largest absolute Gasteiger partial charge is 0.309 e. The van der Waals surface area contributed by atoms with E-state index < -0.39 is 21.9 Å². The lowest BCUT2D eigenvalue weighted by Gasteiger charge is -2.17. The van der Waals surface area contributed by atoms with Crippen LogP contribution < -0.4 is 4.90 Å². The minimum Gasteiger partial charge on any atom is -0.309 e. The molecule has 9 heteroatoms. The second-order valence-corrected chi connectivity index (χ2v) is 6.38. The zero-order valence-corrected chi connectivity index (χ0v) is 11.8. The molecule has 0 aliphatic carbocycles. The summed E-state index contributed by atoms with van der Waals surface area (Å²) in [4.78, 5) is 16.9. The van der Waals surface area contributed by atoms with Crippen molar-refractivity contribution >= 4 is 45.0 Å². The van der Waals surface area contributed by atoms with Crippen molar-refractivity contribution in [3.63, 3.8) is 0 Å². The number of pyridine rings is 1. The van der Waals surface area contributed by atoms with Crippen molar-refractivity contribution in [1.82, 2.24) is 4.98 Å². The Morgan fingerprint density at radius 2 is 2.11 bits per heavy atom. The highest BCUT2D eigenvalue weighted by Gasteiger charge is 2.34. The molecule has 1 fully saturated rings. The first-order valence-electron chi connectivity index (χ1n) is 5.31. The van der Waals surface area contributed by atoms with Gasteiger partial charge < -0.3 is 4.90 Å². The Bertz CT molecular complexity index is 623. The molecule has 2 heterocycles. The second kappa shape index (κ2) is 5.22. The number of hydrogen-bond acceptors (Lipinski definition) is 4. The van der Waals surface area contributed by atoms with Gasteiger partial charge in [-0.25, -0.2) is 4.98 Å². The summed E-state index contributed by atoms with van der Waals surface area (Å²) in [6, 6.07) is 2.98. The number of rotatable bonds is 3. The summed E-state index contributed by atoms with van der Waals surface area (Å²) in [5.74, 6) is -1.58. The summed E-state index contributed by atoms with van der Waals surface area (Å²) < 4.78 is 33.8. The number of hydrogen-bond donors (Lipinski definition) is 0. The summed E-state index contributed by atoms with van der Waals surface area (Å²) in [6.45, 7) is 0.0883. The van der Waals surface area contributed by atoms with Crippen molar-refractivity contribution in [3.8, 4) is 0 Å². The Morgan fingerprint density at radius 3 is 2.68 bits per heavy atom. The molecule has 0 spiro atoms. The van der Waals surface area contributed by atoms with E-state index in [4.69, 9.17) is 23.2 Å². The molecule has 0 N–H and O–H groups in total. The Morgan fingerprint density at radius 1 is 1.42 bits per heavy atom. The third kappa shape index (κ3) is 3.55. The van der Waals surface area contributed by atoms with Gasteiger partial charge in [0.2, 0.25) is 5.91 Å². The molecule has 1 saturated heterocycles. The quantitative estimate of drug-likeness (QED) is 0.629. The van der Waals surface area contributed by atoms with Crippen molar-refractivity contribution in [1.29, 1.82) is 0 Å². The van der Waals surface area contributed by atoms with E-state index >= 15 is 0 Å². The summed E-state index contributed by atoms with van der Waals surface area (Å²) in [6.07, 6.45) is -0.0396. The van der Waals surface area contributed by atoms with Crippen molar-refractivity contribution < 1.29 is 17.1 Å². The molecule has 19 heavy (non-hydrogen) atoms. The smallest absolute Gasteiger partial charge is 0.302 e. The Kier molecular flexibility index (Phi) is 3.98. The van der Waals surface area contributed by atoms with Gasteiger partial charge >= 0.3 is 10.2 Å². The van der Waals surface area contributed by atoms with E-state index in [1.165, 1.54) is 17.0 Å². The first-order valence-corrected chi connectivity index (χ1v) is 7.62. The minimum absolute atomic E-state index is 0.0396. The van der Waals surface area contributed by atoms with Crippen LogP contribution in [0.25, 0.3) is 0 Å². The molecule has 5 nitrogen and oxygen atoms in total. The highest BCUT2D eigenvalue weighted by atomic mass is 35.5. The van der Waals surface area contributed by atoms with Crippen molar-refractivity contribution in [2.24, 2.45) is 5.92 Å². The van der Waals surface area contributed by atoms with E-state index in [2.05, 4.69) is 4.98 Å². The van der Waals surface area contributed by atoms with Crippen LogP contribution in [-0.2, 0) is 15.0 Å². The van der Waals surface area contributed by atoms with Crippen LogP contribution in [0.1, 0.15) is 6.42 Å². The van der Waals surface area contributed by atoms with Crippen LogP contribution in [0.4, 0.5) is 9.57 Å². The summed E-state index contributed by atoms with van der Waals surface area (Å²) in [7, 11) is -4.60. The van der Waals surface area contributed by atoms with Gasteiger partial charge in [0, 0.05) is 18.9 Å². The van der Waals surface area contributed by atoms with Gasteiger partial charge in [0.05, 0.1) is 11.4 Å². The maximum Gasteiger partial charge on any atom is 0.302 e. The van der Waals surface area contributed by atoms with Crippen molar-refractivity contribution in [3.05, 3.63) is 22.4 Å². The Balaban J connectivity index is 2.20. The molecular formula is C10H9Cl2FN2O3S. The molecule has 0 radical (unpaired) electrons. The van der Waals surface area contributed by atoms with Gasteiger partial charge in [0.15, 0.2) is 5.15 Å².